The maximum absolute atomic E-state index is 11.2. The zero-order chi connectivity index (χ0) is 19.4. The highest BCUT2D eigenvalue weighted by Crippen LogP contribution is 2.32. The molecule has 1 aliphatic rings. The van der Waals surface area contributed by atoms with Crippen LogP contribution in [0.1, 0.15) is 47.0 Å². The van der Waals surface area contributed by atoms with Gasteiger partial charge in [-0.15, -0.1) is 0 Å². The van der Waals surface area contributed by atoms with Gasteiger partial charge in [-0.3, -0.25) is 9.58 Å². The van der Waals surface area contributed by atoms with Crippen LogP contribution in [0.2, 0.25) is 0 Å². The number of hydrogen-bond acceptors (Lipinski definition) is 4. The Morgan fingerprint density at radius 3 is 2.67 bits per heavy atom. The first-order chi connectivity index (χ1) is 13.0. The van der Waals surface area contributed by atoms with Gasteiger partial charge in [0.2, 0.25) is 0 Å². The van der Waals surface area contributed by atoms with Crippen LogP contribution in [0.25, 0.3) is 6.08 Å². The van der Waals surface area contributed by atoms with E-state index in [1.807, 2.05) is 11.7 Å². The summed E-state index contributed by atoms with van der Waals surface area (Å²) < 4.78 is 6.61. The molecule has 1 aromatic carbocycles. The van der Waals surface area contributed by atoms with E-state index in [-0.39, 0.29) is 5.97 Å². The predicted molar refractivity (Wildman–Crippen MR) is 107 cm³/mol. The van der Waals surface area contributed by atoms with Crippen molar-refractivity contribution in [2.75, 3.05) is 20.2 Å². The summed E-state index contributed by atoms with van der Waals surface area (Å²) in [6, 6.07) is 8.98. The maximum Gasteiger partial charge on any atom is 0.330 e. The summed E-state index contributed by atoms with van der Waals surface area (Å²) in [5.74, 6) is -0.331. The number of carbonyl (C=O) groups is 1. The summed E-state index contributed by atoms with van der Waals surface area (Å²) in [7, 11) is 3.40. The SMILES string of the molecule is COC(=O)/C=C/c1ccc([C@@H]2CCCN2CCc2c(C)nn(C)c2C)cc1. The van der Waals surface area contributed by atoms with Crippen LogP contribution in [-0.2, 0) is 23.0 Å². The van der Waals surface area contributed by atoms with Gasteiger partial charge in [-0.25, -0.2) is 4.79 Å². The van der Waals surface area contributed by atoms with Gasteiger partial charge in [0.15, 0.2) is 0 Å². The second-order valence-electron chi connectivity index (χ2n) is 7.24. The summed E-state index contributed by atoms with van der Waals surface area (Å²) in [5, 5.41) is 4.54. The largest absolute Gasteiger partial charge is 0.466 e. The minimum absolute atomic E-state index is 0.331. The summed E-state index contributed by atoms with van der Waals surface area (Å²) in [6.45, 7) is 6.46. The summed E-state index contributed by atoms with van der Waals surface area (Å²) in [4.78, 5) is 13.8. The van der Waals surface area contributed by atoms with Gasteiger partial charge in [-0.05, 0) is 62.4 Å². The van der Waals surface area contributed by atoms with Crippen LogP contribution in [0.15, 0.2) is 30.3 Å². The molecule has 0 N–H and O–H groups in total. The molecule has 0 saturated carbocycles. The Hall–Kier alpha value is -2.40. The normalized spacial score (nSPS) is 17.7. The van der Waals surface area contributed by atoms with Gasteiger partial charge in [0.25, 0.3) is 0 Å². The maximum atomic E-state index is 11.2. The molecule has 1 saturated heterocycles. The number of esters is 1. The second kappa shape index (κ2) is 8.53. The zero-order valence-corrected chi connectivity index (χ0v) is 16.7. The van der Waals surface area contributed by atoms with Crippen molar-refractivity contribution in [2.45, 2.75) is 39.2 Å². The molecule has 0 unspecified atom stereocenters. The third kappa shape index (κ3) is 4.48. The molecule has 1 aliphatic heterocycles. The first kappa shape index (κ1) is 19.4. The zero-order valence-electron chi connectivity index (χ0n) is 16.7. The molecule has 27 heavy (non-hydrogen) atoms. The fraction of sp³-hybridized carbons (Fsp3) is 0.455. The first-order valence-electron chi connectivity index (χ1n) is 9.58. The Labute approximate surface area is 161 Å². The number of aromatic nitrogens is 2. The predicted octanol–water partition coefficient (Wildman–Crippen LogP) is 3.60. The van der Waals surface area contributed by atoms with Gasteiger partial charge in [0.05, 0.1) is 12.8 Å². The molecule has 0 bridgehead atoms. The lowest BCUT2D eigenvalue weighted by atomic mass is 10.0. The molecule has 1 aromatic heterocycles. The van der Waals surface area contributed by atoms with Crippen LogP contribution < -0.4 is 0 Å². The molecule has 0 spiro atoms. The second-order valence-corrected chi connectivity index (χ2v) is 7.24. The monoisotopic (exact) mass is 367 g/mol. The van der Waals surface area contributed by atoms with Gasteiger partial charge in [-0.1, -0.05) is 24.3 Å². The van der Waals surface area contributed by atoms with E-state index in [1.165, 1.54) is 42.8 Å². The Kier molecular flexibility index (Phi) is 6.11. The Morgan fingerprint density at radius 2 is 2.04 bits per heavy atom. The van der Waals surface area contributed by atoms with Crippen molar-refractivity contribution in [1.29, 1.82) is 0 Å². The van der Waals surface area contributed by atoms with Crippen molar-refractivity contribution in [3.8, 4) is 0 Å². The lowest BCUT2D eigenvalue weighted by Crippen LogP contribution is -2.26. The van der Waals surface area contributed by atoms with E-state index in [9.17, 15) is 4.79 Å². The average molecular weight is 367 g/mol. The van der Waals surface area contributed by atoms with Crippen molar-refractivity contribution in [3.05, 3.63) is 58.4 Å². The van der Waals surface area contributed by atoms with Crippen molar-refractivity contribution in [1.82, 2.24) is 14.7 Å². The molecule has 2 heterocycles. The van der Waals surface area contributed by atoms with Crippen LogP contribution >= 0.6 is 0 Å². The fourth-order valence-electron chi connectivity index (χ4n) is 3.97. The van der Waals surface area contributed by atoms with E-state index in [2.05, 4.69) is 52.8 Å². The molecule has 144 valence electrons. The Morgan fingerprint density at radius 1 is 1.30 bits per heavy atom. The molecular formula is C22H29N3O2. The van der Waals surface area contributed by atoms with E-state index in [4.69, 9.17) is 0 Å². The quantitative estimate of drug-likeness (QED) is 0.578. The molecule has 0 aliphatic carbocycles. The highest BCUT2D eigenvalue weighted by molar-refractivity contribution is 5.86. The lowest BCUT2D eigenvalue weighted by molar-refractivity contribution is -0.134. The minimum Gasteiger partial charge on any atom is -0.466 e. The average Bonchev–Trinajstić information content (AvgIpc) is 3.23. The third-order valence-electron chi connectivity index (χ3n) is 5.61. The Balaban J connectivity index is 1.65. The number of ether oxygens (including phenoxy) is 1. The number of methoxy groups -OCH3 is 1. The van der Waals surface area contributed by atoms with Crippen molar-refractivity contribution < 1.29 is 9.53 Å². The van der Waals surface area contributed by atoms with Crippen LogP contribution in [-0.4, -0.2) is 40.8 Å². The molecule has 2 aromatic rings. The molecule has 5 nitrogen and oxygen atoms in total. The molecule has 5 heteroatoms. The topological polar surface area (TPSA) is 47.4 Å². The van der Waals surface area contributed by atoms with Crippen molar-refractivity contribution in [2.24, 2.45) is 7.05 Å². The number of carbonyl (C=O) groups excluding carboxylic acids is 1. The fourth-order valence-corrected chi connectivity index (χ4v) is 3.97. The number of nitrogens with zero attached hydrogens (tertiary/aromatic N) is 3. The molecule has 0 amide bonds. The summed E-state index contributed by atoms with van der Waals surface area (Å²) in [5.41, 5.74) is 6.15. The lowest BCUT2D eigenvalue weighted by Gasteiger charge is -2.25. The number of likely N-dealkylation sites (tertiary alicyclic amines) is 1. The molecule has 3 rings (SSSR count). The van der Waals surface area contributed by atoms with Crippen LogP contribution in [0, 0.1) is 13.8 Å². The van der Waals surface area contributed by atoms with E-state index in [1.54, 1.807) is 6.08 Å². The Bertz CT molecular complexity index is 821. The van der Waals surface area contributed by atoms with Gasteiger partial charge in [-0.2, -0.15) is 5.10 Å². The first-order valence-corrected chi connectivity index (χ1v) is 9.58. The highest BCUT2D eigenvalue weighted by atomic mass is 16.5. The highest BCUT2D eigenvalue weighted by Gasteiger charge is 2.26. The van der Waals surface area contributed by atoms with E-state index >= 15 is 0 Å². The van der Waals surface area contributed by atoms with Crippen molar-refractivity contribution >= 4 is 12.0 Å². The van der Waals surface area contributed by atoms with Crippen LogP contribution in [0.4, 0.5) is 0 Å². The molecule has 1 fully saturated rings. The summed E-state index contributed by atoms with van der Waals surface area (Å²) >= 11 is 0. The van der Waals surface area contributed by atoms with Crippen molar-refractivity contribution in [3.63, 3.8) is 0 Å². The van der Waals surface area contributed by atoms with Crippen LogP contribution in [0.3, 0.4) is 0 Å². The summed E-state index contributed by atoms with van der Waals surface area (Å²) in [6.07, 6.45) is 6.72. The molecular weight excluding hydrogens is 338 g/mol. The number of rotatable bonds is 6. The van der Waals surface area contributed by atoms with E-state index in [0.717, 1.165) is 30.8 Å². The molecule has 1 atom stereocenters. The number of benzene rings is 1. The molecule has 0 radical (unpaired) electrons. The van der Waals surface area contributed by atoms with Gasteiger partial charge in [0.1, 0.15) is 0 Å². The number of aryl methyl sites for hydroxylation is 2. The third-order valence-corrected chi connectivity index (χ3v) is 5.61. The van der Waals surface area contributed by atoms with Gasteiger partial charge in [0, 0.05) is 31.4 Å². The van der Waals surface area contributed by atoms with Gasteiger partial charge >= 0.3 is 5.97 Å². The van der Waals surface area contributed by atoms with E-state index in [0.29, 0.717) is 6.04 Å². The van der Waals surface area contributed by atoms with E-state index < -0.39 is 0 Å². The standard InChI is InChI=1S/C22H29N3O2/c1-16-20(17(2)24(3)23-16)13-15-25-14-5-6-21(25)19-10-7-18(8-11-19)9-12-22(26)27-4/h7-12,21H,5-6,13-15H2,1-4H3/b12-9+/t21-/m0/s1. The minimum atomic E-state index is -0.331. The van der Waals surface area contributed by atoms with Gasteiger partial charge < -0.3 is 4.74 Å². The van der Waals surface area contributed by atoms with Crippen LogP contribution in [0.5, 0.6) is 0 Å². The smallest absolute Gasteiger partial charge is 0.330 e. The number of hydrogen-bond donors (Lipinski definition) is 0.